The summed E-state index contributed by atoms with van der Waals surface area (Å²) in [4.78, 5) is 0. The van der Waals surface area contributed by atoms with Crippen molar-refractivity contribution in [3.8, 4) is 0 Å². The summed E-state index contributed by atoms with van der Waals surface area (Å²) < 4.78 is 8.33. The number of rotatable bonds is 4. The Morgan fingerprint density at radius 1 is 0.944 bits per heavy atom. The molecule has 0 unspecified atom stereocenters. The monoisotopic (exact) mass is 564 g/mol. The van der Waals surface area contributed by atoms with Gasteiger partial charge in [-0.05, 0) is 104 Å². The molecule has 36 heavy (non-hydrogen) atoms. The molecule has 2 saturated heterocycles. The van der Waals surface area contributed by atoms with Crippen molar-refractivity contribution in [3.63, 3.8) is 0 Å². The maximum atomic E-state index is 6.90. The van der Waals surface area contributed by atoms with Crippen molar-refractivity contribution < 1.29 is 4.74 Å². The van der Waals surface area contributed by atoms with E-state index in [1.165, 1.54) is 93.0 Å². The third kappa shape index (κ3) is 3.95. The third-order valence-corrected chi connectivity index (χ3v) is 19.6. The number of hydrogen-bond acceptors (Lipinski definition) is 5. The molecule has 0 radical (unpaired) electrons. The second-order valence-corrected chi connectivity index (χ2v) is 20.1. The molecule has 7 rings (SSSR count). The van der Waals surface area contributed by atoms with Crippen LogP contribution in [0.25, 0.3) is 0 Å². The minimum Gasteiger partial charge on any atom is -0.494 e. The van der Waals surface area contributed by atoms with Gasteiger partial charge in [-0.15, -0.1) is 47.0 Å². The first kappa shape index (κ1) is 25.9. The Kier molecular flexibility index (Phi) is 6.83. The molecule has 0 bridgehead atoms. The van der Waals surface area contributed by atoms with Crippen LogP contribution in [0.3, 0.4) is 0 Å². The average molecular weight is 565 g/mol. The molecule has 1 nitrogen and oxygen atoms in total. The molecule has 0 aromatic carbocycles. The normalized spacial score (nSPS) is 48.4. The minimum absolute atomic E-state index is 0.420. The molecule has 7 aliphatic rings. The van der Waals surface area contributed by atoms with Crippen LogP contribution in [0.1, 0.15) is 91.9 Å². The Balaban J connectivity index is 1.03. The molecule has 4 aliphatic carbocycles. The van der Waals surface area contributed by atoms with Gasteiger partial charge in [-0.1, -0.05) is 27.7 Å². The SMILES string of the molecule is C[C@H](CC[C@H]1OC2=C([C@H]1C)[C@@]1(C)CC[C@H]3[C@@H](CC[C@H]4CC5(CC[C@@]43C)SCCS5)[C@@H]1C2)C1SCCS1. The number of fused-ring (bicyclic) bond motifs is 6. The van der Waals surface area contributed by atoms with E-state index in [1.54, 1.807) is 5.57 Å². The van der Waals surface area contributed by atoms with Crippen LogP contribution in [0.4, 0.5) is 0 Å². The molecule has 0 aromatic heterocycles. The minimum atomic E-state index is 0.420. The lowest BCUT2D eigenvalue weighted by molar-refractivity contribution is -0.104. The van der Waals surface area contributed by atoms with Crippen molar-refractivity contribution in [1.82, 2.24) is 0 Å². The van der Waals surface area contributed by atoms with E-state index in [-0.39, 0.29) is 0 Å². The van der Waals surface area contributed by atoms with E-state index in [9.17, 15) is 0 Å². The van der Waals surface area contributed by atoms with Crippen LogP contribution in [0.15, 0.2) is 11.3 Å². The molecule has 3 aliphatic heterocycles. The molecule has 3 heterocycles. The number of hydrogen-bond donors (Lipinski definition) is 0. The Bertz CT molecular complexity index is 891. The molecule has 202 valence electrons. The van der Waals surface area contributed by atoms with E-state index in [4.69, 9.17) is 4.74 Å². The fourth-order valence-corrected chi connectivity index (χ4v) is 17.0. The maximum Gasteiger partial charge on any atom is 0.105 e. The molecular formula is C31H48OS4. The molecule has 5 heteroatoms. The molecular weight excluding hydrogens is 517 g/mol. The van der Waals surface area contributed by atoms with Gasteiger partial charge in [0.15, 0.2) is 0 Å². The molecule has 9 atom stereocenters. The predicted octanol–water partition coefficient (Wildman–Crippen LogP) is 9.33. The van der Waals surface area contributed by atoms with Gasteiger partial charge in [-0.2, -0.15) is 0 Å². The van der Waals surface area contributed by atoms with Crippen molar-refractivity contribution in [2.45, 2.75) is 107 Å². The van der Waals surface area contributed by atoms with E-state index in [0.29, 0.717) is 26.9 Å². The third-order valence-electron chi connectivity index (χ3n) is 12.5. The summed E-state index contributed by atoms with van der Waals surface area (Å²) >= 11 is 9.05. The van der Waals surface area contributed by atoms with Crippen LogP contribution in [-0.4, -0.2) is 37.8 Å². The summed E-state index contributed by atoms with van der Waals surface area (Å²) in [6.07, 6.45) is 14.7. The van der Waals surface area contributed by atoms with Gasteiger partial charge in [0.25, 0.3) is 0 Å². The maximum absolute atomic E-state index is 6.90. The second kappa shape index (κ2) is 9.51. The lowest BCUT2D eigenvalue weighted by Gasteiger charge is -2.62. The van der Waals surface area contributed by atoms with E-state index in [0.717, 1.165) is 34.2 Å². The summed E-state index contributed by atoms with van der Waals surface area (Å²) in [5, 5.41) is 0. The van der Waals surface area contributed by atoms with E-state index >= 15 is 0 Å². The predicted molar refractivity (Wildman–Crippen MR) is 163 cm³/mol. The number of thioether (sulfide) groups is 4. The standard InChI is InChI=1S/C31H48OS4/c1-19(28-33-13-14-34-28)5-8-25-20(2)27-26(32-25)17-24-22-7-6-21-18-31(35-15-16-36-31)12-11-29(21,3)23(22)9-10-30(24,27)4/h19-25,28H,5-18H2,1-4H3/t19-,20+,21+,22-,23+,24+,25-,29+,30+/m1/s1. The van der Waals surface area contributed by atoms with E-state index in [1.807, 2.05) is 0 Å². The lowest BCUT2D eigenvalue weighted by Crippen LogP contribution is -2.54. The fraction of sp³-hybridized carbons (Fsp3) is 0.935. The van der Waals surface area contributed by atoms with Gasteiger partial charge in [-0.3, -0.25) is 0 Å². The van der Waals surface area contributed by atoms with E-state index in [2.05, 4.69) is 74.7 Å². The fourth-order valence-electron chi connectivity index (χ4n) is 10.5. The largest absolute Gasteiger partial charge is 0.494 e. The highest BCUT2D eigenvalue weighted by molar-refractivity contribution is 8.21. The first-order valence-electron chi connectivity index (χ1n) is 15.2. The van der Waals surface area contributed by atoms with Gasteiger partial charge in [0.05, 0.1) is 14.4 Å². The second-order valence-electron chi connectivity index (χ2n) is 14.1. The van der Waals surface area contributed by atoms with Crippen molar-refractivity contribution in [2.75, 3.05) is 23.0 Å². The summed E-state index contributed by atoms with van der Waals surface area (Å²) in [6, 6.07) is 0. The summed E-state index contributed by atoms with van der Waals surface area (Å²) in [6.45, 7) is 10.5. The van der Waals surface area contributed by atoms with Gasteiger partial charge in [0.2, 0.25) is 0 Å². The zero-order valence-electron chi connectivity index (χ0n) is 23.1. The molecule has 5 fully saturated rings. The number of allylic oxidation sites excluding steroid dienone is 1. The number of ether oxygens (including phenoxy) is 1. The van der Waals surface area contributed by atoms with Crippen LogP contribution in [0, 0.1) is 46.3 Å². The molecule has 3 saturated carbocycles. The summed E-state index contributed by atoms with van der Waals surface area (Å²) in [5.41, 5.74) is 2.82. The van der Waals surface area contributed by atoms with Crippen molar-refractivity contribution in [3.05, 3.63) is 11.3 Å². The Morgan fingerprint density at radius 3 is 2.50 bits per heavy atom. The molecule has 0 amide bonds. The van der Waals surface area contributed by atoms with Crippen LogP contribution < -0.4 is 0 Å². The Hall–Kier alpha value is 0.940. The summed E-state index contributed by atoms with van der Waals surface area (Å²) in [5.74, 6) is 12.2. The van der Waals surface area contributed by atoms with Gasteiger partial charge in [0, 0.05) is 35.4 Å². The first-order valence-corrected chi connectivity index (χ1v) is 19.3. The van der Waals surface area contributed by atoms with Gasteiger partial charge in [-0.25, -0.2) is 0 Å². The van der Waals surface area contributed by atoms with Crippen molar-refractivity contribution >= 4 is 47.0 Å². The van der Waals surface area contributed by atoms with E-state index < -0.39 is 0 Å². The van der Waals surface area contributed by atoms with Crippen LogP contribution >= 0.6 is 47.0 Å². The highest BCUT2D eigenvalue weighted by atomic mass is 32.2. The molecule has 0 aromatic rings. The average Bonchev–Trinajstić information content (AvgIpc) is 3.65. The lowest BCUT2D eigenvalue weighted by atomic mass is 9.44. The summed E-state index contributed by atoms with van der Waals surface area (Å²) in [7, 11) is 0. The van der Waals surface area contributed by atoms with Crippen molar-refractivity contribution in [1.29, 1.82) is 0 Å². The van der Waals surface area contributed by atoms with Crippen LogP contribution in [0.2, 0.25) is 0 Å². The first-order chi connectivity index (χ1) is 17.3. The zero-order valence-corrected chi connectivity index (χ0v) is 26.3. The van der Waals surface area contributed by atoms with Gasteiger partial charge < -0.3 is 4.74 Å². The Morgan fingerprint density at radius 2 is 1.72 bits per heavy atom. The highest BCUT2D eigenvalue weighted by Crippen LogP contribution is 2.71. The Labute approximate surface area is 238 Å². The topological polar surface area (TPSA) is 9.23 Å². The molecule has 1 spiro atoms. The van der Waals surface area contributed by atoms with Gasteiger partial charge in [0.1, 0.15) is 6.10 Å². The highest BCUT2D eigenvalue weighted by Gasteiger charge is 2.63. The quantitative estimate of drug-likeness (QED) is 0.335. The van der Waals surface area contributed by atoms with Crippen LogP contribution in [-0.2, 0) is 4.74 Å². The van der Waals surface area contributed by atoms with Crippen molar-refractivity contribution in [2.24, 2.45) is 46.3 Å². The zero-order chi connectivity index (χ0) is 24.7. The van der Waals surface area contributed by atoms with Gasteiger partial charge >= 0.3 is 0 Å². The molecule has 0 N–H and O–H groups in total. The smallest absolute Gasteiger partial charge is 0.105 e. The van der Waals surface area contributed by atoms with Crippen LogP contribution in [0.5, 0.6) is 0 Å².